The minimum absolute atomic E-state index is 0.0268. The highest BCUT2D eigenvalue weighted by Crippen LogP contribution is 2.28. The average molecular weight is 318 g/mol. The van der Waals surface area contributed by atoms with Crippen molar-refractivity contribution in [3.8, 4) is 0 Å². The van der Waals surface area contributed by atoms with E-state index >= 15 is 0 Å². The van der Waals surface area contributed by atoms with E-state index in [1.54, 1.807) is 18.2 Å². The van der Waals surface area contributed by atoms with Gasteiger partial charge in [-0.2, -0.15) is 0 Å². The van der Waals surface area contributed by atoms with Crippen molar-refractivity contribution in [2.75, 3.05) is 11.1 Å². The number of nitrogen functional groups attached to an aromatic ring is 1. The van der Waals surface area contributed by atoms with Crippen LogP contribution >= 0.6 is 34.8 Å². The van der Waals surface area contributed by atoms with Crippen molar-refractivity contribution < 1.29 is 4.79 Å². The Morgan fingerprint density at radius 2 is 1.79 bits per heavy atom. The third kappa shape index (κ3) is 2.89. The molecule has 0 atom stereocenters. The molecular weight excluding hydrogens is 311 g/mol. The van der Waals surface area contributed by atoms with Gasteiger partial charge in [0.1, 0.15) is 12.0 Å². The fourth-order valence-corrected chi connectivity index (χ4v) is 2.08. The number of nitrogens with one attached hydrogen (secondary N) is 1. The molecule has 0 aliphatic heterocycles. The zero-order chi connectivity index (χ0) is 14.0. The van der Waals surface area contributed by atoms with Crippen LogP contribution < -0.4 is 11.1 Å². The second-order valence-corrected chi connectivity index (χ2v) is 4.61. The quantitative estimate of drug-likeness (QED) is 0.658. The van der Waals surface area contributed by atoms with Gasteiger partial charge in [0.15, 0.2) is 10.3 Å². The lowest BCUT2D eigenvalue weighted by atomic mass is 10.1. The molecule has 8 heteroatoms. The molecule has 0 fully saturated rings. The highest BCUT2D eigenvalue weighted by atomic mass is 35.5. The number of hydrogen-bond acceptors (Lipinski definition) is 4. The van der Waals surface area contributed by atoms with Crippen LogP contribution in [-0.4, -0.2) is 15.9 Å². The van der Waals surface area contributed by atoms with Gasteiger partial charge in [0.2, 0.25) is 0 Å². The van der Waals surface area contributed by atoms with E-state index in [4.69, 9.17) is 40.5 Å². The Morgan fingerprint density at radius 1 is 1.16 bits per heavy atom. The third-order valence-corrected chi connectivity index (χ3v) is 3.15. The average Bonchev–Trinajstić information content (AvgIpc) is 2.34. The fraction of sp³-hybridized carbons (Fsp3) is 0. The number of amides is 1. The molecule has 0 aliphatic carbocycles. The molecular formula is C11H7Cl3N4O. The predicted molar refractivity (Wildman–Crippen MR) is 75.9 cm³/mol. The van der Waals surface area contributed by atoms with Crippen molar-refractivity contribution in [1.82, 2.24) is 9.97 Å². The molecule has 1 aromatic carbocycles. The summed E-state index contributed by atoms with van der Waals surface area (Å²) in [7, 11) is 0. The van der Waals surface area contributed by atoms with E-state index in [0.717, 1.165) is 0 Å². The number of carbonyl (C=O) groups excluding carboxylic acids is 1. The van der Waals surface area contributed by atoms with Gasteiger partial charge in [-0.1, -0.05) is 40.9 Å². The number of halogens is 3. The second-order valence-electron chi connectivity index (χ2n) is 3.49. The minimum Gasteiger partial charge on any atom is -0.398 e. The summed E-state index contributed by atoms with van der Waals surface area (Å²) in [5.74, 6) is -0.540. The molecule has 5 nitrogen and oxygen atoms in total. The molecule has 1 amide bonds. The molecule has 0 radical (unpaired) electrons. The van der Waals surface area contributed by atoms with Gasteiger partial charge >= 0.3 is 0 Å². The SMILES string of the molecule is Nc1cccc(Cl)c1C(=O)Nc1c(Cl)ncnc1Cl. The van der Waals surface area contributed by atoms with Gasteiger partial charge in [-0.25, -0.2) is 9.97 Å². The van der Waals surface area contributed by atoms with Gasteiger partial charge in [0, 0.05) is 5.69 Å². The molecule has 3 N–H and O–H groups in total. The number of rotatable bonds is 2. The number of benzene rings is 1. The van der Waals surface area contributed by atoms with Crippen LogP contribution in [0.15, 0.2) is 24.5 Å². The summed E-state index contributed by atoms with van der Waals surface area (Å²) in [6, 6.07) is 4.75. The van der Waals surface area contributed by atoms with Gasteiger partial charge in [0.05, 0.1) is 10.6 Å². The number of nitrogens with two attached hydrogens (primary N) is 1. The third-order valence-electron chi connectivity index (χ3n) is 2.27. The number of nitrogens with zero attached hydrogens (tertiary/aromatic N) is 2. The van der Waals surface area contributed by atoms with Crippen molar-refractivity contribution in [2.24, 2.45) is 0 Å². The Morgan fingerprint density at radius 3 is 2.37 bits per heavy atom. The molecule has 2 aromatic rings. The van der Waals surface area contributed by atoms with E-state index in [2.05, 4.69) is 15.3 Å². The molecule has 1 heterocycles. The Labute approximate surface area is 123 Å². The van der Waals surface area contributed by atoms with E-state index in [9.17, 15) is 4.79 Å². The molecule has 1 aromatic heterocycles. The summed E-state index contributed by atoms with van der Waals surface area (Å²) in [5, 5.41) is 2.76. The molecule has 2 rings (SSSR count). The van der Waals surface area contributed by atoms with Crippen molar-refractivity contribution in [2.45, 2.75) is 0 Å². The molecule has 0 bridgehead atoms. The van der Waals surface area contributed by atoms with Crippen LogP contribution in [0.1, 0.15) is 10.4 Å². The van der Waals surface area contributed by atoms with Gasteiger partial charge in [-0.05, 0) is 12.1 Å². The smallest absolute Gasteiger partial charge is 0.259 e. The highest BCUT2D eigenvalue weighted by molar-refractivity contribution is 6.39. The Bertz CT molecular complexity index is 607. The zero-order valence-electron chi connectivity index (χ0n) is 9.32. The van der Waals surface area contributed by atoms with Crippen LogP contribution in [0.4, 0.5) is 11.4 Å². The van der Waals surface area contributed by atoms with Crippen molar-refractivity contribution >= 4 is 52.1 Å². The van der Waals surface area contributed by atoms with Crippen LogP contribution in [0.5, 0.6) is 0 Å². The lowest BCUT2D eigenvalue weighted by Gasteiger charge is -2.10. The molecule has 0 saturated heterocycles. The van der Waals surface area contributed by atoms with E-state index in [-0.39, 0.29) is 32.3 Å². The lowest BCUT2D eigenvalue weighted by Crippen LogP contribution is -2.15. The number of carbonyl (C=O) groups is 1. The first-order valence-electron chi connectivity index (χ1n) is 5.02. The molecule has 0 unspecified atom stereocenters. The highest BCUT2D eigenvalue weighted by Gasteiger charge is 2.17. The predicted octanol–water partition coefficient (Wildman–Crippen LogP) is 3.27. The van der Waals surface area contributed by atoms with Gasteiger partial charge in [-0.3, -0.25) is 4.79 Å². The van der Waals surface area contributed by atoms with Crippen molar-refractivity contribution in [3.63, 3.8) is 0 Å². The summed E-state index contributed by atoms with van der Waals surface area (Å²) < 4.78 is 0. The van der Waals surface area contributed by atoms with E-state index < -0.39 is 5.91 Å². The first-order chi connectivity index (χ1) is 9.00. The molecule has 19 heavy (non-hydrogen) atoms. The summed E-state index contributed by atoms with van der Waals surface area (Å²) in [4.78, 5) is 19.6. The van der Waals surface area contributed by atoms with Crippen LogP contribution in [0.25, 0.3) is 0 Å². The van der Waals surface area contributed by atoms with E-state index in [0.29, 0.717) is 0 Å². The van der Waals surface area contributed by atoms with Gasteiger partial charge in [0.25, 0.3) is 5.91 Å². The Kier molecular flexibility index (Phi) is 4.09. The second kappa shape index (κ2) is 5.61. The van der Waals surface area contributed by atoms with E-state index in [1.807, 2.05) is 0 Å². The largest absolute Gasteiger partial charge is 0.398 e. The van der Waals surface area contributed by atoms with Gasteiger partial charge in [-0.15, -0.1) is 0 Å². The summed E-state index contributed by atoms with van der Waals surface area (Å²) >= 11 is 17.6. The standard InChI is InChI=1S/C11H7Cl3N4O/c12-5-2-1-3-6(15)7(5)11(19)18-8-9(13)16-4-17-10(8)14/h1-4H,15H2,(H,18,19). The first-order valence-corrected chi connectivity index (χ1v) is 6.15. The van der Waals surface area contributed by atoms with Crippen LogP contribution in [0, 0.1) is 0 Å². The number of aromatic nitrogens is 2. The Balaban J connectivity index is 2.37. The normalized spacial score (nSPS) is 10.3. The minimum atomic E-state index is -0.540. The molecule has 0 saturated carbocycles. The first kappa shape index (κ1) is 13.9. The topological polar surface area (TPSA) is 80.9 Å². The van der Waals surface area contributed by atoms with E-state index in [1.165, 1.54) is 6.33 Å². The maximum Gasteiger partial charge on any atom is 0.259 e. The van der Waals surface area contributed by atoms with Crippen molar-refractivity contribution in [3.05, 3.63) is 45.4 Å². The maximum atomic E-state index is 12.1. The summed E-state index contributed by atoms with van der Waals surface area (Å²) in [5.41, 5.74) is 6.20. The molecule has 0 aliphatic rings. The van der Waals surface area contributed by atoms with Crippen LogP contribution in [0.3, 0.4) is 0 Å². The molecule has 0 spiro atoms. The zero-order valence-corrected chi connectivity index (χ0v) is 11.6. The fourth-order valence-electron chi connectivity index (χ4n) is 1.40. The number of hydrogen-bond donors (Lipinski definition) is 2. The lowest BCUT2D eigenvalue weighted by molar-refractivity contribution is 0.102. The van der Waals surface area contributed by atoms with Crippen LogP contribution in [0.2, 0.25) is 15.3 Å². The van der Waals surface area contributed by atoms with Crippen LogP contribution in [-0.2, 0) is 0 Å². The summed E-state index contributed by atoms with van der Waals surface area (Å²) in [6.07, 6.45) is 1.18. The van der Waals surface area contributed by atoms with Gasteiger partial charge < -0.3 is 11.1 Å². The summed E-state index contributed by atoms with van der Waals surface area (Å²) in [6.45, 7) is 0. The maximum absolute atomic E-state index is 12.1. The molecule has 98 valence electrons. The number of anilines is 2. The van der Waals surface area contributed by atoms with Crippen molar-refractivity contribution in [1.29, 1.82) is 0 Å². The Hall–Kier alpha value is -1.56. The monoisotopic (exact) mass is 316 g/mol.